The van der Waals surface area contributed by atoms with Crippen LogP contribution in [0.4, 0.5) is 0 Å². The molecule has 25 heavy (non-hydrogen) atoms. The Morgan fingerprint density at radius 3 is 2.64 bits per heavy atom. The number of benzene rings is 2. The SMILES string of the molecule is CCNC(=O)C(=O)N/N=C\c1cc(Br)ccc1OCc1ccccc1. The number of hydrogen-bond acceptors (Lipinski definition) is 4. The van der Waals surface area contributed by atoms with Crippen molar-refractivity contribution in [3.63, 3.8) is 0 Å². The predicted octanol–water partition coefficient (Wildman–Crippen LogP) is 2.61. The summed E-state index contributed by atoms with van der Waals surface area (Å²) in [5, 5.41) is 6.21. The number of ether oxygens (including phenoxy) is 1. The fourth-order valence-corrected chi connectivity index (χ4v) is 2.32. The van der Waals surface area contributed by atoms with E-state index >= 15 is 0 Å². The Morgan fingerprint density at radius 1 is 1.16 bits per heavy atom. The minimum atomic E-state index is -0.820. The molecule has 2 aromatic rings. The maximum absolute atomic E-state index is 11.5. The zero-order chi connectivity index (χ0) is 18.1. The van der Waals surface area contributed by atoms with E-state index in [0.717, 1.165) is 10.0 Å². The summed E-state index contributed by atoms with van der Waals surface area (Å²) < 4.78 is 6.66. The van der Waals surface area contributed by atoms with Crippen LogP contribution in [0.3, 0.4) is 0 Å². The van der Waals surface area contributed by atoms with Crippen LogP contribution in [-0.4, -0.2) is 24.6 Å². The molecule has 0 bridgehead atoms. The molecule has 7 heteroatoms. The van der Waals surface area contributed by atoms with Crippen molar-refractivity contribution in [2.45, 2.75) is 13.5 Å². The Labute approximate surface area is 154 Å². The van der Waals surface area contributed by atoms with Gasteiger partial charge < -0.3 is 10.1 Å². The number of carbonyl (C=O) groups is 2. The van der Waals surface area contributed by atoms with Gasteiger partial charge >= 0.3 is 11.8 Å². The van der Waals surface area contributed by atoms with Crippen molar-refractivity contribution in [3.05, 3.63) is 64.1 Å². The van der Waals surface area contributed by atoms with Crippen molar-refractivity contribution >= 4 is 34.0 Å². The van der Waals surface area contributed by atoms with Crippen LogP contribution in [0, 0.1) is 0 Å². The van der Waals surface area contributed by atoms with Crippen molar-refractivity contribution in [2.24, 2.45) is 5.10 Å². The molecule has 0 spiro atoms. The Hall–Kier alpha value is -2.67. The van der Waals surface area contributed by atoms with E-state index in [1.54, 1.807) is 13.0 Å². The first-order valence-corrected chi connectivity index (χ1v) is 8.47. The first-order valence-electron chi connectivity index (χ1n) is 7.67. The van der Waals surface area contributed by atoms with Gasteiger partial charge in [0.05, 0.1) is 6.21 Å². The molecule has 6 nitrogen and oxygen atoms in total. The third-order valence-electron chi connectivity index (χ3n) is 3.12. The van der Waals surface area contributed by atoms with Crippen LogP contribution in [0.5, 0.6) is 5.75 Å². The average molecular weight is 404 g/mol. The molecule has 2 N–H and O–H groups in total. The predicted molar refractivity (Wildman–Crippen MR) is 99.3 cm³/mol. The van der Waals surface area contributed by atoms with E-state index in [4.69, 9.17) is 4.74 Å². The zero-order valence-corrected chi connectivity index (χ0v) is 15.2. The molecule has 0 fully saturated rings. The third-order valence-corrected chi connectivity index (χ3v) is 3.62. The van der Waals surface area contributed by atoms with Crippen LogP contribution in [0.15, 0.2) is 58.1 Å². The highest BCUT2D eigenvalue weighted by Gasteiger charge is 2.10. The molecule has 0 aliphatic rings. The van der Waals surface area contributed by atoms with Gasteiger partial charge in [0, 0.05) is 16.6 Å². The lowest BCUT2D eigenvalue weighted by molar-refractivity contribution is -0.139. The smallest absolute Gasteiger partial charge is 0.329 e. The summed E-state index contributed by atoms with van der Waals surface area (Å²) >= 11 is 3.39. The van der Waals surface area contributed by atoms with E-state index < -0.39 is 11.8 Å². The van der Waals surface area contributed by atoms with Crippen LogP contribution in [0.25, 0.3) is 0 Å². The Morgan fingerprint density at radius 2 is 1.92 bits per heavy atom. The Bertz CT molecular complexity index is 763. The van der Waals surface area contributed by atoms with Crippen molar-refractivity contribution in [1.29, 1.82) is 0 Å². The van der Waals surface area contributed by atoms with Gasteiger partial charge in [0.2, 0.25) is 0 Å². The lowest BCUT2D eigenvalue weighted by Crippen LogP contribution is -2.37. The molecule has 2 aromatic carbocycles. The quantitative estimate of drug-likeness (QED) is 0.441. The van der Waals surface area contributed by atoms with Gasteiger partial charge in [-0.3, -0.25) is 9.59 Å². The van der Waals surface area contributed by atoms with Crippen LogP contribution in [0.2, 0.25) is 0 Å². The van der Waals surface area contributed by atoms with E-state index in [9.17, 15) is 9.59 Å². The first-order chi connectivity index (χ1) is 12.1. The van der Waals surface area contributed by atoms with Gasteiger partial charge in [0.1, 0.15) is 12.4 Å². The van der Waals surface area contributed by atoms with Crippen molar-refractivity contribution in [1.82, 2.24) is 10.7 Å². The minimum absolute atomic E-state index is 0.374. The minimum Gasteiger partial charge on any atom is -0.488 e. The van der Waals surface area contributed by atoms with Gasteiger partial charge in [-0.15, -0.1) is 0 Å². The highest BCUT2D eigenvalue weighted by molar-refractivity contribution is 9.10. The van der Waals surface area contributed by atoms with Gasteiger partial charge in [0.15, 0.2) is 0 Å². The van der Waals surface area contributed by atoms with Crippen LogP contribution < -0.4 is 15.5 Å². The first kappa shape index (κ1) is 18.7. The number of amides is 2. The van der Waals surface area contributed by atoms with E-state index in [1.165, 1.54) is 6.21 Å². The zero-order valence-electron chi connectivity index (χ0n) is 13.7. The summed E-state index contributed by atoms with van der Waals surface area (Å²) in [7, 11) is 0. The van der Waals surface area contributed by atoms with E-state index in [0.29, 0.717) is 24.5 Å². The normalized spacial score (nSPS) is 10.5. The molecule has 0 heterocycles. The summed E-state index contributed by atoms with van der Waals surface area (Å²) in [5.74, 6) is -0.933. The second-order valence-electron chi connectivity index (χ2n) is 5.02. The van der Waals surface area contributed by atoms with Gasteiger partial charge in [-0.05, 0) is 30.7 Å². The van der Waals surface area contributed by atoms with Crippen molar-refractivity contribution in [3.8, 4) is 5.75 Å². The fraction of sp³-hybridized carbons (Fsp3) is 0.167. The van der Waals surface area contributed by atoms with E-state index in [2.05, 4.69) is 31.8 Å². The van der Waals surface area contributed by atoms with Gasteiger partial charge in [0.25, 0.3) is 0 Å². The molecular formula is C18H18BrN3O3. The molecule has 0 saturated heterocycles. The Kier molecular flexibility index (Phi) is 7.16. The molecule has 0 atom stereocenters. The molecular weight excluding hydrogens is 386 g/mol. The van der Waals surface area contributed by atoms with Gasteiger partial charge in [-0.2, -0.15) is 5.10 Å². The molecule has 2 rings (SSSR count). The molecule has 0 aliphatic carbocycles. The standard InChI is InChI=1S/C18H18BrN3O3/c1-2-20-17(23)18(24)22-21-11-14-10-15(19)8-9-16(14)25-12-13-6-4-3-5-7-13/h3-11H,2,12H2,1H3,(H,20,23)(H,22,24)/b21-11-. The number of carbonyl (C=O) groups excluding carboxylic acids is 2. The largest absolute Gasteiger partial charge is 0.488 e. The van der Waals surface area contributed by atoms with Crippen LogP contribution >= 0.6 is 15.9 Å². The second-order valence-corrected chi connectivity index (χ2v) is 5.93. The lowest BCUT2D eigenvalue weighted by Gasteiger charge is -2.09. The number of hydrazone groups is 1. The number of hydrogen-bond donors (Lipinski definition) is 2. The maximum atomic E-state index is 11.5. The average Bonchev–Trinajstić information content (AvgIpc) is 2.62. The molecule has 2 amide bonds. The van der Waals surface area contributed by atoms with Crippen LogP contribution in [-0.2, 0) is 16.2 Å². The molecule has 0 aromatic heterocycles. The fourth-order valence-electron chi connectivity index (χ4n) is 1.94. The van der Waals surface area contributed by atoms with Crippen molar-refractivity contribution < 1.29 is 14.3 Å². The molecule has 130 valence electrons. The Balaban J connectivity index is 2.04. The summed E-state index contributed by atoms with van der Waals surface area (Å²) in [6.45, 7) is 2.51. The highest BCUT2D eigenvalue weighted by Crippen LogP contribution is 2.22. The maximum Gasteiger partial charge on any atom is 0.329 e. The van der Waals surface area contributed by atoms with E-state index in [1.807, 2.05) is 42.5 Å². The lowest BCUT2D eigenvalue weighted by atomic mass is 10.2. The number of halogens is 1. The molecule has 0 unspecified atom stereocenters. The van der Waals surface area contributed by atoms with Gasteiger partial charge in [-0.25, -0.2) is 5.43 Å². The van der Waals surface area contributed by atoms with Gasteiger partial charge in [-0.1, -0.05) is 46.3 Å². The molecule has 0 radical (unpaired) electrons. The van der Waals surface area contributed by atoms with E-state index in [-0.39, 0.29) is 0 Å². The topological polar surface area (TPSA) is 79.8 Å². The molecule has 0 saturated carbocycles. The monoisotopic (exact) mass is 403 g/mol. The summed E-state index contributed by atoms with van der Waals surface area (Å²) in [6.07, 6.45) is 1.43. The van der Waals surface area contributed by atoms with Crippen molar-refractivity contribution in [2.75, 3.05) is 6.54 Å². The van der Waals surface area contributed by atoms with Crippen LogP contribution in [0.1, 0.15) is 18.1 Å². The molecule has 0 aliphatic heterocycles. The number of rotatable bonds is 6. The highest BCUT2D eigenvalue weighted by atomic mass is 79.9. The second kappa shape index (κ2) is 9.58. The number of nitrogens with one attached hydrogen (secondary N) is 2. The summed E-state index contributed by atoms with van der Waals surface area (Å²) in [5.41, 5.74) is 3.89. The number of nitrogens with zero attached hydrogens (tertiary/aromatic N) is 1. The third kappa shape index (κ3) is 6.04. The summed E-state index contributed by atoms with van der Waals surface area (Å²) in [6, 6.07) is 15.2. The number of likely N-dealkylation sites (N-methyl/N-ethyl adjacent to an activating group) is 1. The summed E-state index contributed by atoms with van der Waals surface area (Å²) in [4.78, 5) is 22.8.